The topological polar surface area (TPSA) is 58.1 Å². The van der Waals surface area contributed by atoms with Crippen molar-refractivity contribution in [2.75, 3.05) is 19.8 Å². The van der Waals surface area contributed by atoms with E-state index >= 15 is 0 Å². The van der Waals surface area contributed by atoms with Gasteiger partial charge in [-0.2, -0.15) is 0 Å². The third kappa shape index (κ3) is 3.58. The Morgan fingerprint density at radius 2 is 2.00 bits per heavy atom. The predicted molar refractivity (Wildman–Crippen MR) is 62.0 cm³/mol. The Kier molecular flexibility index (Phi) is 4.85. The maximum atomic E-state index is 11.7. The minimum absolute atomic E-state index is 0.181. The number of nitrogens with zero attached hydrogens (tertiary/aromatic N) is 3. The summed E-state index contributed by atoms with van der Waals surface area (Å²) in [6.45, 7) is 8.32. The number of amides is 1. The first kappa shape index (κ1) is 12.6. The van der Waals surface area contributed by atoms with E-state index in [1.165, 1.54) is 6.20 Å². The fourth-order valence-corrected chi connectivity index (χ4v) is 1.23. The fraction of sp³-hybridized carbons (Fsp3) is 0.545. The molecular weight excluding hydrogens is 204 g/mol. The van der Waals surface area contributed by atoms with Gasteiger partial charge in [-0.3, -0.25) is 14.7 Å². The number of rotatable bonds is 5. The summed E-state index contributed by atoms with van der Waals surface area (Å²) < 4.78 is 0. The van der Waals surface area contributed by atoms with E-state index in [-0.39, 0.29) is 5.91 Å². The quantitative estimate of drug-likeness (QED) is 0.749. The van der Waals surface area contributed by atoms with Crippen LogP contribution in [0.3, 0.4) is 0 Å². The summed E-state index contributed by atoms with van der Waals surface area (Å²) in [7, 11) is 0. The van der Waals surface area contributed by atoms with Crippen LogP contribution in [0.25, 0.3) is 0 Å². The Morgan fingerprint density at radius 1 is 1.31 bits per heavy atom. The molecule has 5 nitrogen and oxygen atoms in total. The third-order valence-corrected chi connectivity index (χ3v) is 2.37. The monoisotopic (exact) mass is 222 g/mol. The zero-order valence-electron chi connectivity index (χ0n) is 10.0. The third-order valence-electron chi connectivity index (χ3n) is 2.37. The molecule has 0 aliphatic carbocycles. The van der Waals surface area contributed by atoms with E-state index in [9.17, 15) is 4.79 Å². The second kappa shape index (κ2) is 6.17. The lowest BCUT2D eigenvalue weighted by molar-refractivity contribution is 0.0920. The van der Waals surface area contributed by atoms with Crippen LogP contribution in [0.15, 0.2) is 12.4 Å². The van der Waals surface area contributed by atoms with E-state index in [4.69, 9.17) is 0 Å². The maximum Gasteiger partial charge on any atom is 0.272 e. The molecule has 0 bridgehead atoms. The number of nitrogens with one attached hydrogen (secondary N) is 1. The second-order valence-corrected chi connectivity index (χ2v) is 3.51. The highest BCUT2D eigenvalue weighted by atomic mass is 16.2. The van der Waals surface area contributed by atoms with Gasteiger partial charge in [0, 0.05) is 6.20 Å². The van der Waals surface area contributed by atoms with E-state index in [0.717, 1.165) is 18.8 Å². The summed E-state index contributed by atoms with van der Waals surface area (Å²) >= 11 is 0. The van der Waals surface area contributed by atoms with Crippen LogP contribution < -0.4 is 5.32 Å². The van der Waals surface area contributed by atoms with Gasteiger partial charge in [-0.1, -0.05) is 13.8 Å². The average Bonchev–Trinajstić information content (AvgIpc) is 2.31. The van der Waals surface area contributed by atoms with Crippen molar-refractivity contribution in [3.05, 3.63) is 23.8 Å². The van der Waals surface area contributed by atoms with Crippen LogP contribution in [-0.4, -0.2) is 40.5 Å². The van der Waals surface area contributed by atoms with Gasteiger partial charge in [0.15, 0.2) is 0 Å². The zero-order chi connectivity index (χ0) is 12.0. The molecule has 88 valence electrons. The molecule has 0 spiro atoms. The lowest BCUT2D eigenvalue weighted by Crippen LogP contribution is -2.37. The molecule has 0 unspecified atom stereocenters. The molecule has 1 N–H and O–H groups in total. The van der Waals surface area contributed by atoms with Gasteiger partial charge in [-0.05, 0) is 20.0 Å². The van der Waals surface area contributed by atoms with Crippen molar-refractivity contribution >= 4 is 5.91 Å². The van der Waals surface area contributed by atoms with Crippen LogP contribution >= 0.6 is 0 Å². The molecule has 0 radical (unpaired) electrons. The van der Waals surface area contributed by atoms with Crippen molar-refractivity contribution in [2.45, 2.75) is 20.8 Å². The first-order valence-electron chi connectivity index (χ1n) is 5.46. The number of aryl methyl sites for hydroxylation is 1. The van der Waals surface area contributed by atoms with Crippen molar-refractivity contribution in [2.24, 2.45) is 0 Å². The second-order valence-electron chi connectivity index (χ2n) is 3.51. The van der Waals surface area contributed by atoms with Crippen molar-refractivity contribution in [1.82, 2.24) is 20.2 Å². The summed E-state index contributed by atoms with van der Waals surface area (Å²) in [4.78, 5) is 21.8. The highest BCUT2D eigenvalue weighted by Crippen LogP contribution is 1.94. The molecule has 1 amide bonds. The molecule has 1 rings (SSSR count). The number of hydrogen-bond donors (Lipinski definition) is 1. The van der Waals surface area contributed by atoms with Gasteiger partial charge in [-0.15, -0.1) is 0 Å². The molecule has 1 aromatic heterocycles. The van der Waals surface area contributed by atoms with Gasteiger partial charge >= 0.3 is 0 Å². The Labute approximate surface area is 95.9 Å². The van der Waals surface area contributed by atoms with Crippen LogP contribution in [0, 0.1) is 6.92 Å². The lowest BCUT2D eigenvalue weighted by Gasteiger charge is -2.18. The smallest absolute Gasteiger partial charge is 0.272 e. The molecule has 0 saturated heterocycles. The van der Waals surface area contributed by atoms with Crippen molar-refractivity contribution in [3.63, 3.8) is 0 Å². The fourth-order valence-electron chi connectivity index (χ4n) is 1.23. The SMILES string of the molecule is CCN(CC)CNC(=O)c1cnc(C)cn1. The summed E-state index contributed by atoms with van der Waals surface area (Å²) in [5, 5.41) is 2.80. The summed E-state index contributed by atoms with van der Waals surface area (Å²) in [5.41, 5.74) is 1.16. The molecule has 0 saturated carbocycles. The molecule has 5 heteroatoms. The minimum atomic E-state index is -0.181. The zero-order valence-corrected chi connectivity index (χ0v) is 10.0. The number of carbonyl (C=O) groups excluding carboxylic acids is 1. The number of carbonyl (C=O) groups is 1. The van der Waals surface area contributed by atoms with Crippen LogP contribution in [0.1, 0.15) is 30.0 Å². The van der Waals surface area contributed by atoms with E-state index in [1.54, 1.807) is 6.20 Å². The molecule has 0 atom stereocenters. The Morgan fingerprint density at radius 3 is 2.50 bits per heavy atom. The van der Waals surface area contributed by atoms with Crippen molar-refractivity contribution in [1.29, 1.82) is 0 Å². The molecular formula is C11H18N4O. The molecule has 0 aliphatic heterocycles. The van der Waals surface area contributed by atoms with E-state index in [1.807, 2.05) is 6.92 Å². The average molecular weight is 222 g/mol. The van der Waals surface area contributed by atoms with Gasteiger partial charge in [0.2, 0.25) is 0 Å². The van der Waals surface area contributed by atoms with Crippen LogP contribution in [-0.2, 0) is 0 Å². The normalized spacial score (nSPS) is 10.5. The molecule has 0 aliphatic rings. The van der Waals surface area contributed by atoms with Gasteiger partial charge in [0.1, 0.15) is 5.69 Å². The molecule has 16 heavy (non-hydrogen) atoms. The number of aromatic nitrogens is 2. The van der Waals surface area contributed by atoms with Gasteiger partial charge in [-0.25, -0.2) is 4.98 Å². The molecule has 0 fully saturated rings. The van der Waals surface area contributed by atoms with Gasteiger partial charge in [0.05, 0.1) is 18.6 Å². The van der Waals surface area contributed by atoms with Gasteiger partial charge < -0.3 is 5.32 Å². The Bertz CT molecular complexity index is 332. The van der Waals surface area contributed by atoms with E-state index in [2.05, 4.69) is 34.0 Å². The standard InChI is InChI=1S/C11H18N4O/c1-4-15(5-2)8-14-11(16)10-7-12-9(3)6-13-10/h6-7H,4-5,8H2,1-3H3,(H,14,16). The Balaban J connectivity index is 2.49. The number of hydrogen-bond acceptors (Lipinski definition) is 4. The Hall–Kier alpha value is -1.49. The summed E-state index contributed by atoms with van der Waals surface area (Å²) in [6.07, 6.45) is 3.08. The first-order chi connectivity index (χ1) is 7.67. The highest BCUT2D eigenvalue weighted by molar-refractivity contribution is 5.91. The predicted octanol–water partition coefficient (Wildman–Crippen LogP) is 0.814. The first-order valence-corrected chi connectivity index (χ1v) is 5.46. The largest absolute Gasteiger partial charge is 0.338 e. The molecule has 1 heterocycles. The minimum Gasteiger partial charge on any atom is -0.338 e. The van der Waals surface area contributed by atoms with Crippen molar-refractivity contribution < 1.29 is 4.79 Å². The lowest BCUT2D eigenvalue weighted by atomic mass is 10.4. The van der Waals surface area contributed by atoms with Crippen LogP contribution in [0.5, 0.6) is 0 Å². The highest BCUT2D eigenvalue weighted by Gasteiger charge is 2.07. The molecule has 0 aromatic carbocycles. The summed E-state index contributed by atoms with van der Waals surface area (Å²) in [6, 6.07) is 0. The van der Waals surface area contributed by atoms with Crippen molar-refractivity contribution in [3.8, 4) is 0 Å². The van der Waals surface area contributed by atoms with Crippen LogP contribution in [0.2, 0.25) is 0 Å². The summed E-state index contributed by atoms with van der Waals surface area (Å²) in [5.74, 6) is -0.181. The molecule has 1 aromatic rings. The maximum absolute atomic E-state index is 11.7. The van der Waals surface area contributed by atoms with E-state index in [0.29, 0.717) is 12.4 Å². The van der Waals surface area contributed by atoms with E-state index < -0.39 is 0 Å². The van der Waals surface area contributed by atoms with Crippen LogP contribution in [0.4, 0.5) is 0 Å². The van der Waals surface area contributed by atoms with Gasteiger partial charge in [0.25, 0.3) is 5.91 Å².